The van der Waals surface area contributed by atoms with E-state index >= 15 is 0 Å². The molecule has 0 saturated heterocycles. The number of benzene rings is 1. The molecule has 0 fully saturated rings. The highest BCUT2D eigenvalue weighted by atomic mass is 35.5. The number of aliphatic carboxylic acids is 1. The second kappa shape index (κ2) is 6.00. The molecule has 0 heterocycles. The number of nitrogens with one attached hydrogen (secondary N) is 1. The van der Waals surface area contributed by atoms with Crippen molar-refractivity contribution < 1.29 is 28.2 Å². The van der Waals surface area contributed by atoms with Crippen LogP contribution in [0.15, 0.2) is 23.1 Å². The van der Waals surface area contributed by atoms with E-state index in [0.29, 0.717) is 0 Å². The van der Waals surface area contributed by atoms with Gasteiger partial charge in [-0.2, -0.15) is 0 Å². The second-order valence-corrected chi connectivity index (χ2v) is 5.63. The summed E-state index contributed by atoms with van der Waals surface area (Å²) in [7, 11) is -4.05. The zero-order valence-corrected chi connectivity index (χ0v) is 11.0. The first-order valence-electron chi connectivity index (χ1n) is 4.98. The van der Waals surface area contributed by atoms with E-state index in [1.54, 1.807) is 0 Å². The zero-order valence-electron chi connectivity index (χ0n) is 9.46. The number of aromatic carboxylic acids is 1. The van der Waals surface area contributed by atoms with Crippen LogP contribution in [-0.4, -0.2) is 37.1 Å². The Hall–Kier alpha value is -1.64. The van der Waals surface area contributed by atoms with Crippen LogP contribution in [0.1, 0.15) is 16.8 Å². The lowest BCUT2D eigenvalue weighted by Crippen LogP contribution is -2.26. The number of carboxylic acid groups (broad SMARTS) is 2. The van der Waals surface area contributed by atoms with E-state index in [9.17, 15) is 18.0 Å². The molecule has 0 amide bonds. The van der Waals surface area contributed by atoms with Gasteiger partial charge in [0.2, 0.25) is 10.0 Å². The molecule has 1 rings (SSSR count). The summed E-state index contributed by atoms with van der Waals surface area (Å²) in [4.78, 5) is 20.6. The normalized spacial score (nSPS) is 11.2. The van der Waals surface area contributed by atoms with Gasteiger partial charge in [-0.3, -0.25) is 4.79 Å². The first kappa shape index (κ1) is 15.4. The van der Waals surface area contributed by atoms with Gasteiger partial charge in [-0.15, -0.1) is 0 Å². The van der Waals surface area contributed by atoms with Gasteiger partial charge < -0.3 is 10.2 Å². The lowest BCUT2D eigenvalue weighted by molar-refractivity contribution is -0.136. The molecule has 9 heteroatoms. The Morgan fingerprint density at radius 1 is 1.26 bits per heavy atom. The molecule has 0 saturated carbocycles. The monoisotopic (exact) mass is 307 g/mol. The SMILES string of the molecule is O=C(O)CCNS(=O)(=O)c1cc(C(=O)O)ccc1Cl. The predicted molar refractivity (Wildman–Crippen MR) is 65.9 cm³/mol. The first-order valence-corrected chi connectivity index (χ1v) is 6.84. The van der Waals surface area contributed by atoms with E-state index in [2.05, 4.69) is 0 Å². The first-order chi connectivity index (χ1) is 8.74. The highest BCUT2D eigenvalue weighted by molar-refractivity contribution is 7.89. The minimum absolute atomic E-state index is 0.146. The Morgan fingerprint density at radius 2 is 1.89 bits per heavy atom. The van der Waals surface area contributed by atoms with Gasteiger partial charge in [-0.25, -0.2) is 17.9 Å². The molecule has 0 unspecified atom stereocenters. The van der Waals surface area contributed by atoms with Gasteiger partial charge >= 0.3 is 11.9 Å². The highest BCUT2D eigenvalue weighted by Crippen LogP contribution is 2.22. The van der Waals surface area contributed by atoms with Crippen molar-refractivity contribution in [2.75, 3.05) is 6.54 Å². The molecule has 0 atom stereocenters. The number of sulfonamides is 1. The van der Waals surface area contributed by atoms with Crippen LogP contribution < -0.4 is 4.72 Å². The maximum Gasteiger partial charge on any atom is 0.335 e. The quantitative estimate of drug-likeness (QED) is 0.714. The van der Waals surface area contributed by atoms with Crippen LogP contribution in [0, 0.1) is 0 Å². The van der Waals surface area contributed by atoms with Crippen molar-refractivity contribution in [2.45, 2.75) is 11.3 Å². The third-order valence-electron chi connectivity index (χ3n) is 2.10. The van der Waals surface area contributed by atoms with Crippen LogP contribution >= 0.6 is 11.6 Å². The third kappa shape index (κ3) is 4.19. The van der Waals surface area contributed by atoms with Crippen LogP contribution in [0.3, 0.4) is 0 Å². The second-order valence-electron chi connectivity index (χ2n) is 3.49. The Kier molecular flexibility index (Phi) is 4.87. The van der Waals surface area contributed by atoms with Gasteiger partial charge in [0.05, 0.1) is 17.0 Å². The molecule has 3 N–H and O–H groups in total. The molecule has 0 bridgehead atoms. The minimum atomic E-state index is -4.05. The highest BCUT2D eigenvalue weighted by Gasteiger charge is 2.19. The van der Waals surface area contributed by atoms with Gasteiger partial charge in [0.25, 0.3) is 0 Å². The lowest BCUT2D eigenvalue weighted by atomic mass is 10.2. The third-order valence-corrected chi connectivity index (χ3v) is 4.04. The van der Waals surface area contributed by atoms with Crippen LogP contribution in [0.2, 0.25) is 5.02 Å². The number of hydrogen-bond acceptors (Lipinski definition) is 4. The van der Waals surface area contributed by atoms with Crippen LogP contribution in [0.5, 0.6) is 0 Å². The molecule has 7 nitrogen and oxygen atoms in total. The Balaban J connectivity index is 3.03. The zero-order chi connectivity index (χ0) is 14.6. The fourth-order valence-electron chi connectivity index (χ4n) is 1.21. The molecule has 0 aliphatic heterocycles. The molecule has 1 aromatic carbocycles. The summed E-state index contributed by atoms with van der Waals surface area (Å²) < 4.78 is 25.7. The number of carbonyl (C=O) groups is 2. The van der Waals surface area contributed by atoms with E-state index < -0.39 is 33.3 Å². The molecule has 1 aromatic rings. The Labute approximate surface area is 113 Å². The topological polar surface area (TPSA) is 121 Å². The predicted octanol–water partition coefficient (Wildman–Crippen LogP) is 0.791. The maximum atomic E-state index is 11.8. The summed E-state index contributed by atoms with van der Waals surface area (Å²) in [5, 5.41) is 17.0. The molecular weight excluding hydrogens is 298 g/mol. The number of rotatable bonds is 6. The van der Waals surface area contributed by atoms with Gasteiger partial charge in [-0.05, 0) is 18.2 Å². The minimum Gasteiger partial charge on any atom is -0.481 e. The summed E-state index contributed by atoms with van der Waals surface area (Å²) in [6.07, 6.45) is -0.393. The smallest absolute Gasteiger partial charge is 0.335 e. The van der Waals surface area contributed by atoms with E-state index in [1.807, 2.05) is 4.72 Å². The van der Waals surface area contributed by atoms with Crippen molar-refractivity contribution in [1.29, 1.82) is 0 Å². The van der Waals surface area contributed by atoms with E-state index in [1.165, 1.54) is 6.07 Å². The number of carboxylic acids is 2. The van der Waals surface area contributed by atoms with Gasteiger partial charge in [0, 0.05) is 6.54 Å². The molecule has 0 aromatic heterocycles. The molecule has 0 spiro atoms. The van der Waals surface area contributed by atoms with Crippen LogP contribution in [0.25, 0.3) is 0 Å². The number of halogens is 1. The lowest BCUT2D eigenvalue weighted by Gasteiger charge is -2.08. The Morgan fingerprint density at radius 3 is 2.42 bits per heavy atom. The van der Waals surface area contributed by atoms with Crippen molar-refractivity contribution in [1.82, 2.24) is 4.72 Å². The summed E-state index contributed by atoms with van der Waals surface area (Å²) in [5.74, 6) is -2.45. The fraction of sp³-hybridized carbons (Fsp3) is 0.200. The molecular formula is C10H10ClNO6S. The van der Waals surface area contributed by atoms with Crippen molar-refractivity contribution in [3.05, 3.63) is 28.8 Å². The van der Waals surface area contributed by atoms with Crippen LogP contribution in [-0.2, 0) is 14.8 Å². The van der Waals surface area contributed by atoms with Crippen molar-refractivity contribution in [2.24, 2.45) is 0 Å². The van der Waals surface area contributed by atoms with Crippen molar-refractivity contribution >= 4 is 33.6 Å². The molecule has 0 aliphatic carbocycles. The average molecular weight is 308 g/mol. The molecule has 0 aliphatic rings. The van der Waals surface area contributed by atoms with E-state index in [-0.39, 0.29) is 17.1 Å². The van der Waals surface area contributed by atoms with Gasteiger partial charge in [0.15, 0.2) is 0 Å². The fourth-order valence-corrected chi connectivity index (χ4v) is 2.77. The summed E-state index contributed by atoms with van der Waals surface area (Å²) in [6, 6.07) is 3.23. The average Bonchev–Trinajstić information content (AvgIpc) is 2.28. The summed E-state index contributed by atoms with van der Waals surface area (Å²) in [6.45, 7) is -0.314. The summed E-state index contributed by atoms with van der Waals surface area (Å²) in [5.41, 5.74) is -0.233. The van der Waals surface area contributed by atoms with Gasteiger partial charge in [-0.1, -0.05) is 11.6 Å². The van der Waals surface area contributed by atoms with E-state index in [0.717, 1.165) is 12.1 Å². The molecule has 104 valence electrons. The summed E-state index contributed by atoms with van der Waals surface area (Å²) >= 11 is 5.70. The maximum absolute atomic E-state index is 11.8. The van der Waals surface area contributed by atoms with Crippen molar-refractivity contribution in [3.8, 4) is 0 Å². The van der Waals surface area contributed by atoms with Crippen LogP contribution in [0.4, 0.5) is 0 Å². The molecule has 0 radical (unpaired) electrons. The van der Waals surface area contributed by atoms with E-state index in [4.69, 9.17) is 21.8 Å². The molecule has 19 heavy (non-hydrogen) atoms. The Bertz CT molecular complexity index is 612. The largest absolute Gasteiger partial charge is 0.481 e. The number of hydrogen-bond donors (Lipinski definition) is 3. The van der Waals surface area contributed by atoms with Gasteiger partial charge in [0.1, 0.15) is 4.90 Å². The van der Waals surface area contributed by atoms with Crippen molar-refractivity contribution in [3.63, 3.8) is 0 Å². The standard InChI is InChI=1S/C10H10ClNO6S/c11-7-2-1-6(10(15)16)5-8(7)19(17,18)12-4-3-9(13)14/h1-2,5,12H,3-4H2,(H,13,14)(H,15,16).